The normalized spacial score (nSPS) is 19.5. The summed E-state index contributed by atoms with van der Waals surface area (Å²) in [5, 5.41) is 7.88. The summed E-state index contributed by atoms with van der Waals surface area (Å²) < 4.78 is 13.6. The van der Waals surface area contributed by atoms with Crippen LogP contribution in [0.4, 0.5) is 11.5 Å². The van der Waals surface area contributed by atoms with E-state index in [-0.39, 0.29) is 6.10 Å². The van der Waals surface area contributed by atoms with Gasteiger partial charge >= 0.3 is 0 Å². The molecule has 7 nitrogen and oxygen atoms in total. The van der Waals surface area contributed by atoms with Crippen molar-refractivity contribution in [3.05, 3.63) is 42.1 Å². The van der Waals surface area contributed by atoms with E-state index < -0.39 is 0 Å². The molecule has 7 heteroatoms. The average Bonchev–Trinajstić information content (AvgIpc) is 3.16. The molecule has 1 fully saturated rings. The maximum absolute atomic E-state index is 6.27. The van der Waals surface area contributed by atoms with Crippen LogP contribution in [0.3, 0.4) is 0 Å². The van der Waals surface area contributed by atoms with Gasteiger partial charge in [0.05, 0.1) is 18.4 Å². The van der Waals surface area contributed by atoms with Crippen LogP contribution in [0.5, 0.6) is 11.6 Å². The van der Waals surface area contributed by atoms with Gasteiger partial charge in [-0.15, -0.1) is 0 Å². The van der Waals surface area contributed by atoms with Gasteiger partial charge in [-0.25, -0.2) is 0 Å². The summed E-state index contributed by atoms with van der Waals surface area (Å²) in [7, 11) is 0. The molecule has 0 saturated heterocycles. The topological polar surface area (TPSA) is 86.7 Å². The van der Waals surface area contributed by atoms with Crippen molar-refractivity contribution in [2.75, 3.05) is 11.9 Å². The van der Waals surface area contributed by atoms with Crippen LogP contribution >= 0.6 is 0 Å². The molecule has 148 valence electrons. The minimum absolute atomic E-state index is 0.162. The highest BCUT2D eigenvalue weighted by atomic mass is 16.5. The Morgan fingerprint density at radius 1 is 1.14 bits per heavy atom. The maximum atomic E-state index is 6.27. The second kappa shape index (κ2) is 8.06. The number of aromatic nitrogens is 3. The summed E-state index contributed by atoms with van der Waals surface area (Å²) in [5.74, 6) is 2.35. The van der Waals surface area contributed by atoms with Crippen molar-refractivity contribution in [2.24, 2.45) is 5.73 Å². The van der Waals surface area contributed by atoms with E-state index in [9.17, 15) is 0 Å². The van der Waals surface area contributed by atoms with Crippen molar-refractivity contribution < 1.29 is 9.47 Å². The van der Waals surface area contributed by atoms with Gasteiger partial charge < -0.3 is 20.5 Å². The summed E-state index contributed by atoms with van der Waals surface area (Å²) in [4.78, 5) is 4.68. The predicted octanol–water partition coefficient (Wildman–Crippen LogP) is 3.83. The Labute approximate surface area is 164 Å². The Bertz CT molecular complexity index is 930. The summed E-state index contributed by atoms with van der Waals surface area (Å²) in [6, 6.07) is 10.1. The van der Waals surface area contributed by atoms with Crippen molar-refractivity contribution in [3.63, 3.8) is 0 Å². The zero-order chi connectivity index (χ0) is 19.5. The first-order valence-electron chi connectivity index (χ1n) is 9.90. The number of benzene rings is 1. The number of nitrogens with one attached hydrogen (secondary N) is 1. The third kappa shape index (κ3) is 3.89. The molecule has 1 saturated carbocycles. The van der Waals surface area contributed by atoms with E-state index in [1.807, 2.05) is 44.2 Å². The van der Waals surface area contributed by atoms with Gasteiger partial charge in [0.25, 0.3) is 0 Å². The average molecular weight is 381 g/mol. The van der Waals surface area contributed by atoms with Crippen molar-refractivity contribution in [2.45, 2.75) is 51.7 Å². The van der Waals surface area contributed by atoms with Crippen molar-refractivity contribution in [1.82, 2.24) is 14.6 Å². The number of hydrogen-bond acceptors (Lipinski definition) is 6. The molecule has 0 spiro atoms. The molecular weight excluding hydrogens is 354 g/mol. The highest BCUT2D eigenvalue weighted by Crippen LogP contribution is 2.31. The molecular formula is C21H27N5O2. The molecule has 0 atom stereocenters. The molecule has 1 aromatic carbocycles. The van der Waals surface area contributed by atoms with E-state index in [2.05, 4.69) is 15.4 Å². The first kappa shape index (κ1) is 18.6. The number of anilines is 2. The third-order valence-electron chi connectivity index (χ3n) is 5.15. The quantitative estimate of drug-likeness (QED) is 0.675. The summed E-state index contributed by atoms with van der Waals surface area (Å²) in [6.45, 7) is 4.63. The fourth-order valence-corrected chi connectivity index (χ4v) is 3.57. The molecule has 1 aliphatic carbocycles. The number of nitrogens with two attached hydrogens (primary N) is 1. The first-order valence-corrected chi connectivity index (χ1v) is 9.90. The number of rotatable bonds is 6. The second-order valence-electron chi connectivity index (χ2n) is 7.23. The molecule has 0 bridgehead atoms. The fourth-order valence-electron chi connectivity index (χ4n) is 3.57. The minimum atomic E-state index is 0.162. The maximum Gasteiger partial charge on any atom is 0.222 e. The van der Waals surface area contributed by atoms with Crippen LogP contribution in [0.15, 0.2) is 36.5 Å². The van der Waals surface area contributed by atoms with E-state index in [4.69, 9.17) is 15.2 Å². The molecule has 2 aromatic heterocycles. The van der Waals surface area contributed by atoms with Gasteiger partial charge in [0.15, 0.2) is 5.65 Å². The Hall–Kier alpha value is -2.80. The van der Waals surface area contributed by atoms with Gasteiger partial charge in [0, 0.05) is 17.8 Å². The molecule has 4 rings (SSSR count). The largest absolute Gasteiger partial charge is 0.494 e. The van der Waals surface area contributed by atoms with Gasteiger partial charge in [-0.05, 0) is 63.8 Å². The first-order chi connectivity index (χ1) is 13.6. The lowest BCUT2D eigenvalue weighted by atomic mass is 9.94. The molecule has 0 radical (unpaired) electrons. The van der Waals surface area contributed by atoms with Gasteiger partial charge in [-0.2, -0.15) is 14.6 Å². The minimum Gasteiger partial charge on any atom is -0.494 e. The number of fused-ring (bicyclic) bond motifs is 1. The molecule has 1 aliphatic rings. The third-order valence-corrected chi connectivity index (χ3v) is 5.15. The highest BCUT2D eigenvalue weighted by Gasteiger charge is 2.22. The van der Waals surface area contributed by atoms with Crippen molar-refractivity contribution in [1.29, 1.82) is 0 Å². The molecule has 3 N–H and O–H groups in total. The number of hydrogen-bond donors (Lipinski definition) is 2. The lowest BCUT2D eigenvalue weighted by molar-refractivity contribution is 0.140. The van der Waals surface area contributed by atoms with Crippen molar-refractivity contribution >= 4 is 17.2 Å². The van der Waals surface area contributed by atoms with Gasteiger partial charge in [-0.1, -0.05) is 0 Å². The number of nitrogens with zero attached hydrogens (tertiary/aromatic N) is 3. The standard InChI is InChI=1S/C21H27N5O2/c1-3-27-17-10-6-16(7-11-17)24-20-14(2)21(25-19-12-13-23-26(19)20)28-18-8-4-15(22)5-9-18/h6-7,10-13,15,18,24H,3-5,8-9,22H2,1-2H3. The van der Waals surface area contributed by atoms with E-state index >= 15 is 0 Å². The Morgan fingerprint density at radius 2 is 1.89 bits per heavy atom. The van der Waals surface area contributed by atoms with Crippen LogP contribution in [-0.2, 0) is 0 Å². The molecule has 28 heavy (non-hydrogen) atoms. The van der Waals surface area contributed by atoms with Crippen molar-refractivity contribution in [3.8, 4) is 11.6 Å². The molecule has 0 aliphatic heterocycles. The zero-order valence-corrected chi connectivity index (χ0v) is 16.4. The zero-order valence-electron chi connectivity index (χ0n) is 16.4. The molecule has 0 amide bonds. The Kier molecular flexibility index (Phi) is 5.34. The van der Waals surface area contributed by atoms with Gasteiger partial charge in [-0.3, -0.25) is 0 Å². The van der Waals surface area contributed by atoms with Gasteiger partial charge in [0.2, 0.25) is 5.88 Å². The second-order valence-corrected chi connectivity index (χ2v) is 7.23. The van der Waals surface area contributed by atoms with E-state index in [0.717, 1.165) is 54.1 Å². The van der Waals surface area contributed by atoms with Gasteiger partial charge in [0.1, 0.15) is 17.7 Å². The summed E-state index contributed by atoms with van der Waals surface area (Å²) in [6.07, 6.45) is 5.83. The van der Waals surface area contributed by atoms with Crippen LogP contribution < -0.4 is 20.5 Å². The highest BCUT2D eigenvalue weighted by molar-refractivity contribution is 5.65. The van der Waals surface area contributed by atoms with E-state index in [1.54, 1.807) is 10.7 Å². The Balaban J connectivity index is 1.61. The molecule has 0 unspecified atom stereocenters. The fraction of sp³-hybridized carbons (Fsp3) is 0.429. The molecule has 2 heterocycles. The predicted molar refractivity (Wildman–Crippen MR) is 109 cm³/mol. The lowest BCUT2D eigenvalue weighted by Crippen LogP contribution is -2.32. The van der Waals surface area contributed by atoms with Crippen LogP contribution in [-0.4, -0.2) is 33.4 Å². The smallest absolute Gasteiger partial charge is 0.222 e. The molecule has 3 aromatic rings. The lowest BCUT2D eigenvalue weighted by Gasteiger charge is -2.27. The van der Waals surface area contributed by atoms with Crippen LogP contribution in [0.25, 0.3) is 5.65 Å². The van der Waals surface area contributed by atoms with Crippen LogP contribution in [0.2, 0.25) is 0 Å². The monoisotopic (exact) mass is 381 g/mol. The Morgan fingerprint density at radius 3 is 2.61 bits per heavy atom. The number of ether oxygens (including phenoxy) is 2. The SMILES string of the molecule is CCOc1ccc(Nc2c(C)c(OC3CCC(N)CC3)nc3ccnn23)cc1. The van der Waals surface area contributed by atoms with Crippen LogP contribution in [0.1, 0.15) is 38.2 Å². The van der Waals surface area contributed by atoms with Crippen LogP contribution in [0, 0.1) is 6.92 Å². The van der Waals surface area contributed by atoms with E-state index in [1.165, 1.54) is 0 Å². The van der Waals surface area contributed by atoms with E-state index in [0.29, 0.717) is 18.5 Å². The summed E-state index contributed by atoms with van der Waals surface area (Å²) >= 11 is 0. The summed E-state index contributed by atoms with van der Waals surface area (Å²) in [5.41, 5.74) is 8.65.